The van der Waals surface area contributed by atoms with Crippen LogP contribution in [-0.2, 0) is 0 Å². The Hall–Kier alpha value is -0.880. The zero-order chi connectivity index (χ0) is 16.7. The number of piperazine rings is 1. The number of hydrogen-bond acceptors (Lipinski definition) is 5. The molecule has 25 heavy (non-hydrogen) atoms. The summed E-state index contributed by atoms with van der Waals surface area (Å²) in [6, 6.07) is 4.60. The molecule has 0 amide bonds. The summed E-state index contributed by atoms with van der Waals surface area (Å²) in [6.45, 7) is 6.49. The van der Waals surface area contributed by atoms with E-state index in [1.165, 1.54) is 18.4 Å². The van der Waals surface area contributed by atoms with Crippen molar-refractivity contribution in [2.75, 3.05) is 47.5 Å². The minimum Gasteiger partial charge on any atom is -0.493 e. The van der Waals surface area contributed by atoms with E-state index in [0.717, 1.165) is 44.1 Å². The molecule has 7 heteroatoms. The van der Waals surface area contributed by atoms with Gasteiger partial charge in [-0.3, -0.25) is 4.90 Å². The molecule has 1 atom stereocenters. The van der Waals surface area contributed by atoms with Gasteiger partial charge in [-0.1, -0.05) is 19.8 Å². The van der Waals surface area contributed by atoms with E-state index in [9.17, 15) is 0 Å². The van der Waals surface area contributed by atoms with Crippen molar-refractivity contribution in [3.05, 3.63) is 17.7 Å². The van der Waals surface area contributed by atoms with Gasteiger partial charge in [0.1, 0.15) is 0 Å². The Labute approximate surface area is 164 Å². The second-order valence-electron chi connectivity index (χ2n) is 5.90. The lowest BCUT2D eigenvalue weighted by molar-refractivity contribution is 0.162. The molecule has 2 rings (SSSR count). The Kier molecular flexibility index (Phi) is 12.0. The van der Waals surface area contributed by atoms with E-state index in [1.807, 2.05) is 0 Å². The van der Waals surface area contributed by atoms with Gasteiger partial charge in [0.25, 0.3) is 0 Å². The van der Waals surface area contributed by atoms with Crippen molar-refractivity contribution in [2.45, 2.75) is 32.2 Å². The molecule has 1 aromatic carbocycles. The number of methoxy groups -OCH3 is 3. The summed E-state index contributed by atoms with van der Waals surface area (Å²) in [6.07, 6.45) is 3.56. The number of rotatable bonds is 8. The van der Waals surface area contributed by atoms with Crippen LogP contribution in [-0.4, -0.2) is 52.4 Å². The van der Waals surface area contributed by atoms with Gasteiger partial charge in [-0.15, -0.1) is 24.8 Å². The number of halogens is 2. The van der Waals surface area contributed by atoms with E-state index < -0.39 is 0 Å². The van der Waals surface area contributed by atoms with E-state index >= 15 is 0 Å². The second kappa shape index (κ2) is 12.5. The number of benzene rings is 1. The normalized spacial score (nSPS) is 15.5. The zero-order valence-corrected chi connectivity index (χ0v) is 17.3. The third kappa shape index (κ3) is 6.10. The third-order valence-electron chi connectivity index (χ3n) is 4.50. The van der Waals surface area contributed by atoms with Gasteiger partial charge in [0.05, 0.1) is 21.3 Å². The fourth-order valence-corrected chi connectivity index (χ4v) is 3.25. The molecule has 0 saturated carbocycles. The van der Waals surface area contributed by atoms with Crippen LogP contribution in [0.25, 0.3) is 0 Å². The SMILES string of the molecule is CCCC[C@H](c1cc(OC)c(OC)c(OC)c1)N1CCNCC1.Cl.Cl. The van der Waals surface area contributed by atoms with Gasteiger partial charge < -0.3 is 19.5 Å². The summed E-state index contributed by atoms with van der Waals surface area (Å²) in [5.74, 6) is 2.13. The molecule has 0 bridgehead atoms. The van der Waals surface area contributed by atoms with Crippen LogP contribution in [0.5, 0.6) is 17.2 Å². The summed E-state index contributed by atoms with van der Waals surface area (Å²) in [5.41, 5.74) is 1.25. The molecule has 0 aliphatic carbocycles. The largest absolute Gasteiger partial charge is 0.493 e. The maximum atomic E-state index is 5.53. The van der Waals surface area contributed by atoms with E-state index in [2.05, 4.69) is 29.3 Å². The summed E-state index contributed by atoms with van der Waals surface area (Å²) >= 11 is 0. The first-order chi connectivity index (χ1) is 11.2. The van der Waals surface area contributed by atoms with Gasteiger partial charge in [0, 0.05) is 32.2 Å². The molecule has 1 fully saturated rings. The Bertz CT molecular complexity index is 472. The van der Waals surface area contributed by atoms with Gasteiger partial charge in [0.2, 0.25) is 5.75 Å². The fraction of sp³-hybridized carbons (Fsp3) is 0.667. The first-order valence-electron chi connectivity index (χ1n) is 8.49. The van der Waals surface area contributed by atoms with Crippen molar-refractivity contribution < 1.29 is 14.2 Å². The van der Waals surface area contributed by atoms with E-state index in [-0.39, 0.29) is 24.8 Å². The van der Waals surface area contributed by atoms with E-state index in [0.29, 0.717) is 11.8 Å². The molecule has 146 valence electrons. The Balaban J connectivity index is 0.00000288. The van der Waals surface area contributed by atoms with E-state index in [4.69, 9.17) is 14.2 Å². The van der Waals surface area contributed by atoms with Crippen LogP contribution in [0, 0.1) is 0 Å². The van der Waals surface area contributed by atoms with Crippen LogP contribution in [0.3, 0.4) is 0 Å². The quantitative estimate of drug-likeness (QED) is 0.727. The molecule has 0 spiro atoms. The first kappa shape index (κ1) is 24.1. The fourth-order valence-electron chi connectivity index (χ4n) is 3.25. The second-order valence-corrected chi connectivity index (χ2v) is 5.90. The summed E-state index contributed by atoms with van der Waals surface area (Å²) in [7, 11) is 4.99. The molecule has 1 N–H and O–H groups in total. The Morgan fingerprint density at radius 2 is 1.56 bits per heavy atom. The van der Waals surface area contributed by atoms with Gasteiger partial charge >= 0.3 is 0 Å². The lowest BCUT2D eigenvalue weighted by atomic mass is 9.97. The maximum absolute atomic E-state index is 5.53. The lowest BCUT2D eigenvalue weighted by Crippen LogP contribution is -2.45. The average Bonchev–Trinajstić information content (AvgIpc) is 2.61. The van der Waals surface area contributed by atoms with Crippen molar-refractivity contribution in [3.8, 4) is 17.2 Å². The standard InChI is InChI=1S/C18H30N2O3.2ClH/c1-5-6-7-15(20-10-8-19-9-11-20)14-12-16(21-2)18(23-4)17(13-14)22-3;;/h12-13,15,19H,5-11H2,1-4H3;2*1H/t15-;;/m1../s1. The highest BCUT2D eigenvalue weighted by Gasteiger charge is 2.24. The molecule has 1 aliphatic heterocycles. The molecular weight excluding hydrogens is 363 g/mol. The molecule has 0 unspecified atom stereocenters. The smallest absolute Gasteiger partial charge is 0.203 e. The topological polar surface area (TPSA) is 43.0 Å². The van der Waals surface area contributed by atoms with Crippen molar-refractivity contribution >= 4 is 24.8 Å². The highest BCUT2D eigenvalue weighted by molar-refractivity contribution is 5.85. The summed E-state index contributed by atoms with van der Waals surface area (Å²) < 4.78 is 16.5. The van der Waals surface area contributed by atoms with Crippen molar-refractivity contribution in [3.63, 3.8) is 0 Å². The van der Waals surface area contributed by atoms with Crippen LogP contribution in [0.15, 0.2) is 12.1 Å². The monoisotopic (exact) mass is 394 g/mol. The van der Waals surface area contributed by atoms with E-state index in [1.54, 1.807) is 21.3 Å². The van der Waals surface area contributed by atoms with Gasteiger partial charge in [-0.2, -0.15) is 0 Å². The van der Waals surface area contributed by atoms with Crippen LogP contribution in [0.4, 0.5) is 0 Å². The summed E-state index contributed by atoms with van der Waals surface area (Å²) in [5, 5.41) is 3.43. The lowest BCUT2D eigenvalue weighted by Gasteiger charge is -2.35. The highest BCUT2D eigenvalue weighted by atomic mass is 35.5. The van der Waals surface area contributed by atoms with Crippen LogP contribution >= 0.6 is 24.8 Å². The highest BCUT2D eigenvalue weighted by Crippen LogP contribution is 2.41. The average molecular weight is 395 g/mol. The van der Waals surface area contributed by atoms with Crippen molar-refractivity contribution in [1.29, 1.82) is 0 Å². The van der Waals surface area contributed by atoms with Crippen molar-refractivity contribution in [1.82, 2.24) is 10.2 Å². The molecule has 1 aromatic rings. The first-order valence-corrected chi connectivity index (χ1v) is 8.49. The van der Waals surface area contributed by atoms with Gasteiger partial charge in [-0.25, -0.2) is 0 Å². The number of nitrogens with zero attached hydrogens (tertiary/aromatic N) is 1. The van der Waals surface area contributed by atoms with Gasteiger partial charge in [-0.05, 0) is 24.1 Å². The molecular formula is C18H32Cl2N2O3. The number of nitrogens with one attached hydrogen (secondary N) is 1. The number of ether oxygens (including phenoxy) is 3. The number of hydrogen-bond donors (Lipinski definition) is 1. The Morgan fingerprint density at radius 3 is 2.00 bits per heavy atom. The van der Waals surface area contributed by atoms with Crippen molar-refractivity contribution in [2.24, 2.45) is 0 Å². The predicted molar refractivity (Wildman–Crippen MR) is 107 cm³/mol. The molecule has 5 nitrogen and oxygen atoms in total. The minimum atomic E-state index is 0. The van der Waals surface area contributed by atoms with Gasteiger partial charge in [0.15, 0.2) is 11.5 Å². The number of unbranched alkanes of at least 4 members (excludes halogenated alkanes) is 1. The predicted octanol–water partition coefficient (Wildman–Crippen LogP) is 3.69. The maximum Gasteiger partial charge on any atom is 0.203 e. The van der Waals surface area contributed by atoms with Crippen LogP contribution in [0.2, 0.25) is 0 Å². The molecule has 1 heterocycles. The van der Waals surface area contributed by atoms with Crippen LogP contribution in [0.1, 0.15) is 37.8 Å². The molecule has 1 aliphatic rings. The molecule has 1 saturated heterocycles. The zero-order valence-electron chi connectivity index (χ0n) is 15.7. The molecule has 0 aromatic heterocycles. The third-order valence-corrected chi connectivity index (χ3v) is 4.50. The minimum absolute atomic E-state index is 0. The van der Waals surface area contributed by atoms with Crippen LogP contribution < -0.4 is 19.5 Å². The summed E-state index contributed by atoms with van der Waals surface area (Å²) in [4.78, 5) is 2.56. The molecule has 0 radical (unpaired) electrons. The Morgan fingerprint density at radius 1 is 1.00 bits per heavy atom.